The molecule has 0 spiro atoms. The van der Waals surface area contributed by atoms with Gasteiger partial charge >= 0.3 is 0 Å². The first kappa shape index (κ1) is 14.1. The third-order valence-electron chi connectivity index (χ3n) is 3.60. The van der Waals surface area contributed by atoms with Crippen molar-refractivity contribution in [1.29, 1.82) is 0 Å². The van der Waals surface area contributed by atoms with Gasteiger partial charge in [0.25, 0.3) is 0 Å². The number of hydrogen-bond donors (Lipinski definition) is 0. The largest absolute Gasteiger partial charge is 0.495 e. The molecule has 0 saturated heterocycles. The van der Waals surface area contributed by atoms with Crippen LogP contribution < -0.4 is 4.74 Å². The van der Waals surface area contributed by atoms with E-state index in [-0.39, 0.29) is 5.41 Å². The van der Waals surface area contributed by atoms with Crippen LogP contribution in [0, 0.1) is 0 Å². The summed E-state index contributed by atoms with van der Waals surface area (Å²) in [6.45, 7) is 6.37. The summed E-state index contributed by atoms with van der Waals surface area (Å²) in [5, 5.41) is 0.567. The van der Waals surface area contributed by atoms with E-state index in [9.17, 15) is 4.79 Å². The van der Waals surface area contributed by atoms with E-state index in [1.165, 1.54) is 0 Å². The predicted octanol–water partition coefficient (Wildman–Crippen LogP) is 3.97. The summed E-state index contributed by atoms with van der Waals surface area (Å²) < 4.78 is 5.39. The van der Waals surface area contributed by atoms with Gasteiger partial charge in [-0.15, -0.1) is 0 Å². The quantitative estimate of drug-likeness (QED) is 0.620. The fraction of sp³-hybridized carbons (Fsp3) is 0.533. The van der Waals surface area contributed by atoms with Gasteiger partial charge in [-0.1, -0.05) is 32.4 Å². The molecule has 0 bridgehead atoms. The smallest absolute Gasteiger partial charge is 0.235 e. The first-order valence-electron chi connectivity index (χ1n) is 6.31. The van der Waals surface area contributed by atoms with Crippen molar-refractivity contribution in [3.8, 4) is 5.75 Å². The minimum Gasteiger partial charge on any atom is -0.495 e. The molecule has 1 fully saturated rings. The van der Waals surface area contributed by atoms with Crippen LogP contribution in [0.2, 0.25) is 5.02 Å². The molecule has 1 aromatic carbocycles. The van der Waals surface area contributed by atoms with Crippen LogP contribution in [0.3, 0.4) is 0 Å². The van der Waals surface area contributed by atoms with Crippen molar-refractivity contribution < 1.29 is 9.53 Å². The third kappa shape index (κ3) is 2.54. The number of isocyanates is 1. The zero-order valence-corrected chi connectivity index (χ0v) is 12.5. The van der Waals surface area contributed by atoms with Crippen LogP contribution in [0.25, 0.3) is 0 Å². The molecule has 1 saturated carbocycles. The highest BCUT2D eigenvalue weighted by Gasteiger charge is 2.47. The second-order valence-electron chi connectivity index (χ2n) is 6.02. The van der Waals surface area contributed by atoms with E-state index < -0.39 is 5.54 Å². The highest BCUT2D eigenvalue weighted by molar-refractivity contribution is 6.32. The molecule has 2 rings (SSSR count). The second kappa shape index (κ2) is 4.66. The topological polar surface area (TPSA) is 38.7 Å². The molecule has 4 heteroatoms. The predicted molar refractivity (Wildman–Crippen MR) is 75.7 cm³/mol. The maximum absolute atomic E-state index is 10.6. The Kier molecular flexibility index (Phi) is 3.46. The van der Waals surface area contributed by atoms with Gasteiger partial charge in [-0.25, -0.2) is 4.79 Å². The van der Waals surface area contributed by atoms with E-state index in [1.807, 2.05) is 6.07 Å². The molecule has 0 atom stereocenters. The fourth-order valence-corrected chi connectivity index (χ4v) is 2.52. The molecular weight excluding hydrogens is 262 g/mol. The minimum atomic E-state index is -0.474. The molecule has 0 radical (unpaired) electrons. The van der Waals surface area contributed by atoms with Crippen LogP contribution in [0.15, 0.2) is 17.1 Å². The number of hydrogen-bond acceptors (Lipinski definition) is 3. The van der Waals surface area contributed by atoms with Crippen molar-refractivity contribution in [2.45, 2.75) is 44.6 Å². The van der Waals surface area contributed by atoms with Gasteiger partial charge in [0.15, 0.2) is 0 Å². The van der Waals surface area contributed by atoms with Crippen LogP contribution >= 0.6 is 11.6 Å². The lowest BCUT2D eigenvalue weighted by Gasteiger charge is -2.23. The van der Waals surface area contributed by atoms with Crippen LogP contribution in [-0.2, 0) is 15.7 Å². The highest BCUT2D eigenvalue weighted by atomic mass is 35.5. The molecule has 0 unspecified atom stereocenters. The lowest BCUT2D eigenvalue weighted by Crippen LogP contribution is -2.14. The molecule has 0 heterocycles. The maximum atomic E-state index is 10.6. The standard InChI is InChI=1S/C15H18ClNO2/c1-14(2,3)10-7-11(13(19-4)12(16)8-10)15(5-6-15)17-9-18/h7-8H,5-6H2,1-4H3. The molecule has 1 aliphatic rings. The molecule has 1 aromatic rings. The number of carbonyl (C=O) groups excluding carboxylic acids is 1. The molecule has 19 heavy (non-hydrogen) atoms. The summed E-state index contributed by atoms with van der Waals surface area (Å²) in [4.78, 5) is 14.6. The van der Waals surface area contributed by atoms with Gasteiger partial charge in [-0.2, -0.15) is 4.99 Å². The van der Waals surface area contributed by atoms with Gasteiger partial charge in [-0.3, -0.25) is 0 Å². The van der Waals surface area contributed by atoms with Crippen molar-refractivity contribution >= 4 is 17.7 Å². The van der Waals surface area contributed by atoms with Crippen molar-refractivity contribution in [2.24, 2.45) is 4.99 Å². The molecule has 0 N–H and O–H groups in total. The Morgan fingerprint density at radius 2 is 2.00 bits per heavy atom. The zero-order valence-electron chi connectivity index (χ0n) is 11.7. The zero-order chi connectivity index (χ0) is 14.3. The Morgan fingerprint density at radius 3 is 2.42 bits per heavy atom. The minimum absolute atomic E-state index is 0.0222. The Labute approximate surface area is 118 Å². The van der Waals surface area contributed by atoms with Gasteiger partial charge < -0.3 is 4.74 Å². The molecule has 0 aliphatic heterocycles. The Morgan fingerprint density at radius 1 is 1.37 bits per heavy atom. The van der Waals surface area contributed by atoms with E-state index in [2.05, 4.69) is 31.8 Å². The molecule has 102 valence electrons. The van der Waals surface area contributed by atoms with E-state index in [0.29, 0.717) is 10.8 Å². The van der Waals surface area contributed by atoms with Gasteiger partial charge in [0.05, 0.1) is 12.1 Å². The maximum Gasteiger partial charge on any atom is 0.235 e. The van der Waals surface area contributed by atoms with E-state index in [0.717, 1.165) is 24.0 Å². The van der Waals surface area contributed by atoms with Crippen molar-refractivity contribution in [2.75, 3.05) is 7.11 Å². The van der Waals surface area contributed by atoms with Crippen molar-refractivity contribution in [1.82, 2.24) is 0 Å². The first-order chi connectivity index (χ1) is 8.84. The first-order valence-corrected chi connectivity index (χ1v) is 6.69. The highest BCUT2D eigenvalue weighted by Crippen LogP contribution is 2.54. The molecule has 0 aromatic heterocycles. The Balaban J connectivity index is 2.64. The molecule has 3 nitrogen and oxygen atoms in total. The van der Waals surface area contributed by atoms with Crippen molar-refractivity contribution in [3.63, 3.8) is 0 Å². The normalized spacial score (nSPS) is 16.7. The molecule has 1 aliphatic carbocycles. The number of ether oxygens (including phenoxy) is 1. The Bertz CT molecular complexity index is 550. The average molecular weight is 280 g/mol. The molecular formula is C15H18ClNO2. The van der Waals surface area contributed by atoms with Crippen LogP contribution in [0.4, 0.5) is 0 Å². The van der Waals surface area contributed by atoms with Crippen LogP contribution in [-0.4, -0.2) is 13.2 Å². The average Bonchev–Trinajstić information content (AvgIpc) is 3.08. The second-order valence-corrected chi connectivity index (χ2v) is 6.43. The SMILES string of the molecule is COc1c(Cl)cc(C(C)(C)C)cc1C1(N=C=O)CC1. The summed E-state index contributed by atoms with van der Waals surface area (Å²) in [6.07, 6.45) is 3.35. The monoisotopic (exact) mass is 279 g/mol. The Hall–Kier alpha value is -1.31. The van der Waals surface area contributed by atoms with E-state index in [4.69, 9.17) is 16.3 Å². The van der Waals surface area contributed by atoms with Crippen LogP contribution in [0.1, 0.15) is 44.7 Å². The summed E-state index contributed by atoms with van der Waals surface area (Å²) in [5.41, 5.74) is 1.51. The van der Waals surface area contributed by atoms with Crippen LogP contribution in [0.5, 0.6) is 5.75 Å². The summed E-state index contributed by atoms with van der Waals surface area (Å²) in [6, 6.07) is 3.98. The summed E-state index contributed by atoms with van der Waals surface area (Å²) in [5.74, 6) is 0.617. The number of halogens is 1. The van der Waals surface area contributed by atoms with E-state index >= 15 is 0 Å². The number of methoxy groups -OCH3 is 1. The number of nitrogens with zero attached hydrogens (tertiary/aromatic N) is 1. The van der Waals surface area contributed by atoms with Gasteiger partial charge in [-0.05, 0) is 36.0 Å². The lowest BCUT2D eigenvalue weighted by atomic mass is 9.84. The lowest BCUT2D eigenvalue weighted by molar-refractivity contribution is 0.404. The summed E-state index contributed by atoms with van der Waals surface area (Å²) >= 11 is 6.31. The number of aliphatic imine (C=N–C) groups is 1. The van der Waals surface area contributed by atoms with Gasteiger partial charge in [0.1, 0.15) is 11.3 Å². The van der Waals surface area contributed by atoms with Gasteiger partial charge in [0.2, 0.25) is 6.08 Å². The fourth-order valence-electron chi connectivity index (χ4n) is 2.23. The third-order valence-corrected chi connectivity index (χ3v) is 3.88. The van der Waals surface area contributed by atoms with Gasteiger partial charge in [0, 0.05) is 5.56 Å². The van der Waals surface area contributed by atoms with E-state index in [1.54, 1.807) is 13.2 Å². The number of rotatable bonds is 3. The number of benzene rings is 1. The molecule has 0 amide bonds. The van der Waals surface area contributed by atoms with Crippen molar-refractivity contribution in [3.05, 3.63) is 28.3 Å². The summed E-state index contributed by atoms with van der Waals surface area (Å²) in [7, 11) is 1.59.